The standard InChI is InChI=1S/C14H21N3O/c15-12-4-2-1-3-5-13(12)17-11-8-6-10(7-9-11)14(16)18/h6-9,12-13,17H,1-5,15H2,(H2,16,18). The van der Waals surface area contributed by atoms with Gasteiger partial charge in [0.25, 0.3) is 0 Å². The van der Waals surface area contributed by atoms with E-state index < -0.39 is 5.91 Å². The van der Waals surface area contributed by atoms with Crippen LogP contribution in [0.1, 0.15) is 42.5 Å². The van der Waals surface area contributed by atoms with Gasteiger partial charge in [-0.05, 0) is 37.1 Å². The first kappa shape index (κ1) is 12.9. The van der Waals surface area contributed by atoms with Gasteiger partial charge in [0.2, 0.25) is 5.91 Å². The first-order valence-electron chi connectivity index (χ1n) is 6.59. The predicted octanol–water partition coefficient (Wildman–Crippen LogP) is 1.86. The van der Waals surface area contributed by atoms with Crippen LogP contribution in [0, 0.1) is 0 Å². The molecule has 1 aliphatic rings. The van der Waals surface area contributed by atoms with E-state index in [0.717, 1.165) is 18.5 Å². The fourth-order valence-electron chi connectivity index (χ4n) is 2.46. The van der Waals surface area contributed by atoms with Gasteiger partial charge in [0, 0.05) is 23.3 Å². The third-order valence-electron chi connectivity index (χ3n) is 3.59. The molecule has 0 spiro atoms. The minimum Gasteiger partial charge on any atom is -0.381 e. The number of carbonyl (C=O) groups excluding carboxylic acids is 1. The number of anilines is 1. The van der Waals surface area contributed by atoms with E-state index in [9.17, 15) is 4.79 Å². The van der Waals surface area contributed by atoms with Crippen LogP contribution < -0.4 is 16.8 Å². The third-order valence-corrected chi connectivity index (χ3v) is 3.59. The maximum atomic E-state index is 11.0. The second-order valence-electron chi connectivity index (χ2n) is 4.99. The first-order chi connectivity index (χ1) is 8.66. The Morgan fingerprint density at radius 3 is 2.44 bits per heavy atom. The fraction of sp³-hybridized carbons (Fsp3) is 0.500. The maximum Gasteiger partial charge on any atom is 0.248 e. The summed E-state index contributed by atoms with van der Waals surface area (Å²) in [4.78, 5) is 11.0. The average Bonchev–Trinajstić information content (AvgIpc) is 2.56. The Labute approximate surface area is 108 Å². The lowest BCUT2D eigenvalue weighted by Crippen LogP contribution is -2.39. The van der Waals surface area contributed by atoms with E-state index in [1.54, 1.807) is 12.1 Å². The molecule has 0 aliphatic heterocycles. The van der Waals surface area contributed by atoms with Gasteiger partial charge in [0.1, 0.15) is 0 Å². The van der Waals surface area contributed by atoms with Gasteiger partial charge < -0.3 is 16.8 Å². The van der Waals surface area contributed by atoms with E-state index in [2.05, 4.69) is 5.32 Å². The molecule has 18 heavy (non-hydrogen) atoms. The first-order valence-corrected chi connectivity index (χ1v) is 6.59. The molecule has 1 fully saturated rings. The van der Waals surface area contributed by atoms with Crippen LogP contribution in [0.5, 0.6) is 0 Å². The largest absolute Gasteiger partial charge is 0.381 e. The summed E-state index contributed by atoms with van der Waals surface area (Å²) in [6.45, 7) is 0. The molecule has 0 bridgehead atoms. The molecule has 1 aliphatic carbocycles. The van der Waals surface area contributed by atoms with Crippen LogP contribution in [0.15, 0.2) is 24.3 Å². The number of nitrogens with two attached hydrogens (primary N) is 2. The predicted molar refractivity (Wildman–Crippen MR) is 73.4 cm³/mol. The topological polar surface area (TPSA) is 81.1 Å². The van der Waals surface area contributed by atoms with E-state index in [1.807, 2.05) is 12.1 Å². The molecule has 0 aromatic heterocycles. The van der Waals surface area contributed by atoms with Crippen LogP contribution in [0.3, 0.4) is 0 Å². The zero-order chi connectivity index (χ0) is 13.0. The third kappa shape index (κ3) is 3.23. The van der Waals surface area contributed by atoms with Crippen LogP contribution in [0.4, 0.5) is 5.69 Å². The fourth-order valence-corrected chi connectivity index (χ4v) is 2.46. The summed E-state index contributed by atoms with van der Waals surface area (Å²) >= 11 is 0. The zero-order valence-electron chi connectivity index (χ0n) is 10.6. The van der Waals surface area contributed by atoms with Crippen molar-refractivity contribution in [1.29, 1.82) is 0 Å². The molecule has 1 amide bonds. The van der Waals surface area contributed by atoms with Crippen molar-refractivity contribution >= 4 is 11.6 Å². The van der Waals surface area contributed by atoms with Gasteiger partial charge in [-0.3, -0.25) is 4.79 Å². The van der Waals surface area contributed by atoms with E-state index in [4.69, 9.17) is 11.5 Å². The van der Waals surface area contributed by atoms with Gasteiger partial charge in [-0.15, -0.1) is 0 Å². The number of hydrogen-bond donors (Lipinski definition) is 3. The SMILES string of the molecule is NC(=O)c1ccc(NC2CCCCCC2N)cc1. The molecule has 2 rings (SSSR count). The highest BCUT2D eigenvalue weighted by atomic mass is 16.1. The van der Waals surface area contributed by atoms with Crippen molar-refractivity contribution in [3.8, 4) is 0 Å². The minimum absolute atomic E-state index is 0.211. The molecule has 2 atom stereocenters. The molecule has 4 nitrogen and oxygen atoms in total. The number of benzene rings is 1. The van der Waals surface area contributed by atoms with Crippen molar-refractivity contribution in [1.82, 2.24) is 0 Å². The number of amides is 1. The van der Waals surface area contributed by atoms with Gasteiger partial charge in [-0.25, -0.2) is 0 Å². The molecule has 0 heterocycles. The number of carbonyl (C=O) groups is 1. The minimum atomic E-state index is -0.396. The highest BCUT2D eigenvalue weighted by Crippen LogP contribution is 2.20. The monoisotopic (exact) mass is 247 g/mol. The second-order valence-corrected chi connectivity index (χ2v) is 4.99. The highest BCUT2D eigenvalue weighted by molar-refractivity contribution is 5.93. The summed E-state index contributed by atoms with van der Waals surface area (Å²) in [5.41, 5.74) is 12.9. The van der Waals surface area contributed by atoms with Crippen LogP contribution >= 0.6 is 0 Å². The Morgan fingerprint density at radius 1 is 1.11 bits per heavy atom. The summed E-state index contributed by atoms with van der Waals surface area (Å²) in [7, 11) is 0. The quantitative estimate of drug-likeness (QED) is 0.713. The lowest BCUT2D eigenvalue weighted by Gasteiger charge is -2.23. The van der Waals surface area contributed by atoms with Crippen LogP contribution in [0.2, 0.25) is 0 Å². The Morgan fingerprint density at radius 2 is 1.78 bits per heavy atom. The summed E-state index contributed by atoms with van der Waals surface area (Å²) in [5, 5.41) is 3.46. The van der Waals surface area contributed by atoms with Crippen LogP contribution in [-0.4, -0.2) is 18.0 Å². The van der Waals surface area contributed by atoms with Crippen molar-refractivity contribution in [2.45, 2.75) is 44.2 Å². The van der Waals surface area contributed by atoms with Crippen molar-refractivity contribution < 1.29 is 4.79 Å². The molecule has 4 heteroatoms. The van der Waals surface area contributed by atoms with Crippen LogP contribution in [-0.2, 0) is 0 Å². The van der Waals surface area contributed by atoms with Gasteiger partial charge in [-0.2, -0.15) is 0 Å². The molecule has 0 saturated heterocycles. The van der Waals surface area contributed by atoms with Gasteiger partial charge in [0.05, 0.1) is 0 Å². The van der Waals surface area contributed by atoms with Gasteiger partial charge in [0.15, 0.2) is 0 Å². The number of rotatable bonds is 3. The Bertz CT molecular complexity index is 402. The molecule has 2 unspecified atom stereocenters. The van der Waals surface area contributed by atoms with Gasteiger partial charge in [-0.1, -0.05) is 19.3 Å². The Hall–Kier alpha value is -1.55. The lowest BCUT2D eigenvalue weighted by atomic mass is 10.0. The van der Waals surface area contributed by atoms with Crippen molar-refractivity contribution in [2.24, 2.45) is 11.5 Å². The molecule has 98 valence electrons. The number of primary amides is 1. The summed E-state index contributed by atoms with van der Waals surface area (Å²) in [6, 6.07) is 7.80. The Kier molecular flexibility index (Phi) is 4.20. The molecule has 0 radical (unpaired) electrons. The molecule has 1 saturated carbocycles. The zero-order valence-corrected chi connectivity index (χ0v) is 10.6. The lowest BCUT2D eigenvalue weighted by molar-refractivity contribution is 0.100. The van der Waals surface area contributed by atoms with E-state index in [0.29, 0.717) is 11.6 Å². The average molecular weight is 247 g/mol. The highest BCUT2D eigenvalue weighted by Gasteiger charge is 2.19. The van der Waals surface area contributed by atoms with E-state index in [-0.39, 0.29) is 6.04 Å². The van der Waals surface area contributed by atoms with E-state index >= 15 is 0 Å². The number of nitrogens with one attached hydrogen (secondary N) is 1. The summed E-state index contributed by atoms with van der Waals surface area (Å²) in [6.07, 6.45) is 5.91. The molecule has 1 aromatic carbocycles. The molecule has 5 N–H and O–H groups in total. The molecular formula is C14H21N3O. The smallest absolute Gasteiger partial charge is 0.248 e. The number of hydrogen-bond acceptors (Lipinski definition) is 3. The van der Waals surface area contributed by atoms with E-state index in [1.165, 1.54) is 19.3 Å². The maximum absolute atomic E-state index is 11.0. The molecule has 1 aromatic rings. The second kappa shape index (κ2) is 5.87. The molecular weight excluding hydrogens is 226 g/mol. The summed E-state index contributed by atoms with van der Waals surface area (Å²) in [5.74, 6) is -0.396. The summed E-state index contributed by atoms with van der Waals surface area (Å²) < 4.78 is 0. The normalized spacial score (nSPS) is 24.3. The van der Waals surface area contributed by atoms with Crippen molar-refractivity contribution in [2.75, 3.05) is 5.32 Å². The van der Waals surface area contributed by atoms with Crippen molar-refractivity contribution in [3.05, 3.63) is 29.8 Å². The van der Waals surface area contributed by atoms with Crippen molar-refractivity contribution in [3.63, 3.8) is 0 Å². The van der Waals surface area contributed by atoms with Crippen LogP contribution in [0.25, 0.3) is 0 Å². The Balaban J connectivity index is 2.01. The van der Waals surface area contributed by atoms with Gasteiger partial charge >= 0.3 is 0 Å².